The Labute approximate surface area is 183 Å². The maximum atomic E-state index is 9.87. The maximum absolute atomic E-state index is 9.87. The summed E-state index contributed by atoms with van der Waals surface area (Å²) in [6.45, 7) is 1.10. The first-order valence-corrected chi connectivity index (χ1v) is 10.5. The fourth-order valence-electron chi connectivity index (χ4n) is 4.08. The van der Waals surface area contributed by atoms with Crippen molar-refractivity contribution in [3.8, 4) is 6.01 Å². The number of H-pyrrole nitrogens is 1. The molecule has 2 N–H and O–H groups in total. The van der Waals surface area contributed by atoms with E-state index in [1.807, 2.05) is 17.8 Å². The second kappa shape index (κ2) is 8.36. The number of nitrogens with one attached hydrogen (secondary N) is 1. The number of methoxy groups -OCH3 is 1. The normalized spacial score (nSPS) is 25.4. The van der Waals surface area contributed by atoms with Crippen LogP contribution in [-0.2, 0) is 40.7 Å². The van der Waals surface area contributed by atoms with E-state index in [9.17, 15) is 5.11 Å². The van der Waals surface area contributed by atoms with Crippen LogP contribution in [0.5, 0.6) is 6.01 Å². The lowest BCUT2D eigenvalue weighted by Crippen LogP contribution is -2.34. The molecule has 5 rings (SSSR count). The van der Waals surface area contributed by atoms with Gasteiger partial charge in [0.15, 0.2) is 11.8 Å². The highest BCUT2D eigenvalue weighted by atomic mass is 35.5. The first kappa shape index (κ1) is 20.7. The smallest absolute Gasteiger partial charge is 0.296 e. The van der Waals surface area contributed by atoms with Crippen molar-refractivity contribution in [2.45, 2.75) is 43.9 Å². The largest absolute Gasteiger partial charge is 0.456 e. The Kier molecular flexibility index (Phi) is 5.57. The molecule has 0 amide bonds. The lowest BCUT2D eigenvalue weighted by atomic mass is 10.1. The van der Waals surface area contributed by atoms with E-state index < -0.39 is 6.10 Å². The first-order valence-electron chi connectivity index (χ1n) is 10.2. The molecule has 0 aliphatic carbocycles. The lowest BCUT2D eigenvalue weighted by Gasteiger charge is -2.15. The molecular weight excluding hydrogens is 426 g/mol. The van der Waals surface area contributed by atoms with Crippen molar-refractivity contribution >= 4 is 22.8 Å². The van der Waals surface area contributed by atoms with Gasteiger partial charge in [-0.25, -0.2) is 4.98 Å². The first-order chi connectivity index (χ1) is 15.0. The number of rotatable bonds is 7. The monoisotopic (exact) mass is 449 g/mol. The number of aromatic amines is 1. The number of aliphatic hydroxyl groups excluding tert-OH is 1. The molecule has 2 aliphatic rings. The van der Waals surface area contributed by atoms with Crippen LogP contribution in [0.15, 0.2) is 12.1 Å². The quantitative estimate of drug-likeness (QED) is 0.552. The molecule has 2 aliphatic heterocycles. The van der Waals surface area contributed by atoms with Crippen LogP contribution in [-0.4, -0.2) is 74.6 Å². The van der Waals surface area contributed by atoms with Gasteiger partial charge in [0.05, 0.1) is 47.4 Å². The predicted octanol–water partition coefficient (Wildman–Crippen LogP) is 1.18. The average molecular weight is 450 g/mol. The molecule has 2 saturated heterocycles. The van der Waals surface area contributed by atoms with Crippen molar-refractivity contribution in [1.82, 2.24) is 24.7 Å². The van der Waals surface area contributed by atoms with Gasteiger partial charge in [-0.2, -0.15) is 10.1 Å². The van der Waals surface area contributed by atoms with E-state index >= 15 is 0 Å². The number of imidazole rings is 1. The molecule has 10 nitrogen and oxygen atoms in total. The zero-order valence-electron chi connectivity index (χ0n) is 17.2. The fourth-order valence-corrected chi connectivity index (χ4v) is 4.32. The minimum atomic E-state index is -0.623. The average Bonchev–Trinajstić information content (AvgIpc) is 3.48. The summed E-state index contributed by atoms with van der Waals surface area (Å²) < 4.78 is 24.1. The summed E-state index contributed by atoms with van der Waals surface area (Å²) in [6.07, 6.45) is -0.301. The van der Waals surface area contributed by atoms with Gasteiger partial charge < -0.3 is 29.0 Å². The van der Waals surface area contributed by atoms with E-state index in [1.165, 1.54) is 0 Å². The molecule has 5 heterocycles. The number of fused-ring (bicyclic) bond motifs is 2. The summed E-state index contributed by atoms with van der Waals surface area (Å²) in [7, 11) is 3.56. The molecule has 4 atom stereocenters. The van der Waals surface area contributed by atoms with Crippen LogP contribution in [0.1, 0.15) is 17.1 Å². The molecule has 31 heavy (non-hydrogen) atoms. The van der Waals surface area contributed by atoms with Crippen LogP contribution in [0.3, 0.4) is 0 Å². The summed E-state index contributed by atoms with van der Waals surface area (Å²) in [6, 6.07) is 4.15. The van der Waals surface area contributed by atoms with E-state index in [4.69, 9.17) is 30.5 Å². The standard InChI is InChI=1S/C20H24ClN5O5/c1-26-11(7-28-2)5-10(25-26)3-4-13-12(21)6-14-19(22-13)24-20(23-14)31-16-9-30-17-15(27)8-29-18(16)17/h5-6,15-18,27H,3-4,7-9H2,1-2H3,(H,22,23,24)/t15-,16-,17-,18-/m1/s1. The third kappa shape index (κ3) is 4.01. The molecule has 11 heteroatoms. The van der Waals surface area contributed by atoms with E-state index in [0.29, 0.717) is 48.3 Å². The second-order valence-electron chi connectivity index (χ2n) is 7.83. The van der Waals surface area contributed by atoms with Gasteiger partial charge in [0.25, 0.3) is 6.01 Å². The van der Waals surface area contributed by atoms with E-state index in [0.717, 1.165) is 17.1 Å². The van der Waals surface area contributed by atoms with Crippen molar-refractivity contribution in [1.29, 1.82) is 0 Å². The molecule has 0 unspecified atom stereocenters. The van der Waals surface area contributed by atoms with Gasteiger partial charge in [-0.1, -0.05) is 11.6 Å². The van der Waals surface area contributed by atoms with Gasteiger partial charge in [0.2, 0.25) is 0 Å². The van der Waals surface area contributed by atoms with Crippen LogP contribution in [0.25, 0.3) is 11.2 Å². The number of ether oxygens (including phenoxy) is 4. The second-order valence-corrected chi connectivity index (χ2v) is 8.24. The number of pyridine rings is 1. The minimum absolute atomic E-state index is 0.249. The molecule has 3 aromatic rings. The number of hydrogen-bond donors (Lipinski definition) is 2. The summed E-state index contributed by atoms with van der Waals surface area (Å²) in [5.41, 5.74) is 3.92. The number of halogens is 1. The number of hydrogen-bond acceptors (Lipinski definition) is 8. The minimum Gasteiger partial charge on any atom is -0.456 e. The zero-order valence-corrected chi connectivity index (χ0v) is 18.0. The third-order valence-corrected chi connectivity index (χ3v) is 5.99. The molecule has 0 saturated carbocycles. The van der Waals surface area contributed by atoms with Crippen molar-refractivity contribution < 1.29 is 24.1 Å². The Bertz CT molecular complexity index is 1090. The predicted molar refractivity (Wildman–Crippen MR) is 110 cm³/mol. The molecule has 0 bridgehead atoms. The highest BCUT2D eigenvalue weighted by molar-refractivity contribution is 6.31. The van der Waals surface area contributed by atoms with Crippen molar-refractivity contribution in [3.63, 3.8) is 0 Å². The zero-order chi connectivity index (χ0) is 21.5. The van der Waals surface area contributed by atoms with Crippen LogP contribution in [0.2, 0.25) is 5.02 Å². The van der Waals surface area contributed by atoms with Gasteiger partial charge in [-0.15, -0.1) is 0 Å². The van der Waals surface area contributed by atoms with E-state index in [-0.39, 0.29) is 24.9 Å². The van der Waals surface area contributed by atoms with Gasteiger partial charge in [0, 0.05) is 14.2 Å². The van der Waals surface area contributed by atoms with E-state index in [1.54, 1.807) is 13.2 Å². The summed E-state index contributed by atoms with van der Waals surface area (Å²) in [5.74, 6) is 0. The van der Waals surface area contributed by atoms with Crippen molar-refractivity contribution in [3.05, 3.63) is 34.2 Å². The van der Waals surface area contributed by atoms with Gasteiger partial charge in [-0.3, -0.25) is 4.68 Å². The molecule has 3 aromatic heterocycles. The topological polar surface area (TPSA) is 117 Å². The molecule has 0 aromatic carbocycles. The highest BCUT2D eigenvalue weighted by Gasteiger charge is 2.48. The molecule has 0 spiro atoms. The maximum Gasteiger partial charge on any atom is 0.296 e. The molecule has 2 fully saturated rings. The van der Waals surface area contributed by atoms with Gasteiger partial charge in [-0.05, 0) is 25.0 Å². The van der Waals surface area contributed by atoms with Gasteiger partial charge >= 0.3 is 0 Å². The number of aromatic nitrogens is 5. The van der Waals surface area contributed by atoms with Crippen LogP contribution in [0, 0.1) is 0 Å². The summed E-state index contributed by atoms with van der Waals surface area (Å²) >= 11 is 6.46. The highest BCUT2D eigenvalue weighted by Crippen LogP contribution is 2.30. The fraction of sp³-hybridized carbons (Fsp3) is 0.550. The van der Waals surface area contributed by atoms with Gasteiger partial charge in [0.1, 0.15) is 18.3 Å². The van der Waals surface area contributed by atoms with Crippen LogP contribution in [0.4, 0.5) is 0 Å². The summed E-state index contributed by atoms with van der Waals surface area (Å²) in [5, 5.41) is 14.9. The number of aryl methyl sites for hydroxylation is 3. The van der Waals surface area contributed by atoms with Crippen LogP contribution >= 0.6 is 11.6 Å². The SMILES string of the molecule is COCc1cc(CCc2nc3nc(O[C@@H]4CO[C@H]5[C@@H]4OC[C@H]5O)[nH]c3cc2Cl)nn1C. The lowest BCUT2D eigenvalue weighted by molar-refractivity contribution is 0.00706. The Hall–Kier alpha value is -2.24. The number of nitrogens with zero attached hydrogens (tertiary/aromatic N) is 4. The number of aliphatic hydroxyl groups is 1. The molecular formula is C20H24ClN5O5. The van der Waals surface area contributed by atoms with Crippen molar-refractivity contribution in [2.24, 2.45) is 7.05 Å². The van der Waals surface area contributed by atoms with Crippen LogP contribution < -0.4 is 4.74 Å². The third-order valence-electron chi connectivity index (χ3n) is 5.66. The Balaban J connectivity index is 1.29. The Morgan fingerprint density at radius 3 is 2.90 bits per heavy atom. The molecule has 166 valence electrons. The van der Waals surface area contributed by atoms with E-state index in [2.05, 4.69) is 20.1 Å². The molecule has 0 radical (unpaired) electrons. The Morgan fingerprint density at radius 1 is 1.23 bits per heavy atom. The van der Waals surface area contributed by atoms with Crippen molar-refractivity contribution in [2.75, 3.05) is 20.3 Å². The summed E-state index contributed by atoms with van der Waals surface area (Å²) in [4.78, 5) is 12.2. The Morgan fingerprint density at radius 2 is 2.06 bits per heavy atom.